The number of hydrogen-bond donors (Lipinski definition) is 1. The Labute approximate surface area is 101 Å². The zero-order valence-electron chi connectivity index (χ0n) is 8.27. The molecule has 1 aromatic carbocycles. The van der Waals surface area contributed by atoms with Gasteiger partial charge in [-0.05, 0) is 32.0 Å². The second-order valence-electron chi connectivity index (χ2n) is 3.56. The van der Waals surface area contributed by atoms with E-state index in [1.54, 1.807) is 13.8 Å². The summed E-state index contributed by atoms with van der Waals surface area (Å²) >= 11 is 8.79. The van der Waals surface area contributed by atoms with Crippen molar-refractivity contribution in [2.45, 2.75) is 18.2 Å². The molecule has 0 saturated heterocycles. The third kappa shape index (κ3) is 3.47. The highest BCUT2D eigenvalue weighted by atomic mass is 79.9. The molecule has 0 heterocycles. The molecule has 0 radical (unpaired) electrons. The second-order valence-corrected chi connectivity index (χ2v) is 5.95. The summed E-state index contributed by atoms with van der Waals surface area (Å²) in [5.74, 6) is -0.724. The van der Waals surface area contributed by atoms with Gasteiger partial charge in [0.25, 0.3) is 0 Å². The van der Waals surface area contributed by atoms with Crippen LogP contribution in [0.3, 0.4) is 0 Å². The highest BCUT2D eigenvalue weighted by molar-refractivity contribution is 9.10. The lowest BCUT2D eigenvalue weighted by Crippen LogP contribution is -2.30. The van der Waals surface area contributed by atoms with Gasteiger partial charge in [0.05, 0.1) is 9.35 Å². The lowest BCUT2D eigenvalue weighted by atomic mass is 10.2. The van der Waals surface area contributed by atoms with Gasteiger partial charge in [-0.1, -0.05) is 27.5 Å². The Morgan fingerprint density at radius 1 is 1.53 bits per heavy atom. The van der Waals surface area contributed by atoms with Crippen LogP contribution < -0.4 is 5.32 Å². The fraction of sp³-hybridized carbons (Fsp3) is 0.300. The molecule has 0 aliphatic carbocycles. The zero-order valence-corrected chi connectivity index (χ0v) is 10.6. The number of nitrogens with one attached hydrogen (secondary N) is 1. The molecule has 1 rings (SSSR count). The van der Waals surface area contributed by atoms with Crippen LogP contribution in [0, 0.1) is 5.82 Å². The monoisotopic (exact) mass is 293 g/mol. The largest absolute Gasteiger partial charge is 0.325 e. The Bertz CT molecular complexity index is 389. The van der Waals surface area contributed by atoms with Gasteiger partial charge in [-0.15, -0.1) is 0 Å². The SMILES string of the molecule is CC(C)(Br)C(=O)Nc1ccc(F)c(Cl)c1. The van der Waals surface area contributed by atoms with Gasteiger partial charge in [-0.3, -0.25) is 4.79 Å². The number of benzene rings is 1. The van der Waals surface area contributed by atoms with E-state index in [0.717, 1.165) is 0 Å². The summed E-state index contributed by atoms with van der Waals surface area (Å²) in [7, 11) is 0. The van der Waals surface area contributed by atoms with Crippen LogP contribution in [-0.4, -0.2) is 10.2 Å². The van der Waals surface area contributed by atoms with E-state index in [1.807, 2.05) is 0 Å². The van der Waals surface area contributed by atoms with E-state index in [0.29, 0.717) is 5.69 Å². The molecule has 0 saturated carbocycles. The van der Waals surface area contributed by atoms with Crippen LogP contribution in [0.4, 0.5) is 10.1 Å². The van der Waals surface area contributed by atoms with E-state index < -0.39 is 10.1 Å². The molecule has 0 bridgehead atoms. The Hall–Kier alpha value is -0.610. The standard InChI is InChI=1S/C10H10BrClFNO/c1-10(2,11)9(15)14-6-3-4-8(13)7(12)5-6/h3-5H,1-2H3,(H,14,15). The topological polar surface area (TPSA) is 29.1 Å². The van der Waals surface area contributed by atoms with Crippen LogP contribution >= 0.6 is 27.5 Å². The Morgan fingerprint density at radius 3 is 2.60 bits per heavy atom. The van der Waals surface area contributed by atoms with Crippen LogP contribution in [0.1, 0.15) is 13.8 Å². The maximum absolute atomic E-state index is 12.8. The number of rotatable bonds is 2. The average molecular weight is 295 g/mol. The minimum absolute atomic E-state index is 0.0137. The highest BCUT2D eigenvalue weighted by Crippen LogP contribution is 2.22. The lowest BCUT2D eigenvalue weighted by molar-refractivity contribution is -0.117. The van der Waals surface area contributed by atoms with Gasteiger partial charge >= 0.3 is 0 Å². The van der Waals surface area contributed by atoms with Crippen molar-refractivity contribution in [1.82, 2.24) is 0 Å². The summed E-state index contributed by atoms with van der Waals surface area (Å²) in [5.41, 5.74) is 0.471. The summed E-state index contributed by atoms with van der Waals surface area (Å²) in [6, 6.07) is 4.03. The molecular weight excluding hydrogens is 284 g/mol. The number of halogens is 3. The molecule has 15 heavy (non-hydrogen) atoms. The van der Waals surface area contributed by atoms with Crippen LogP contribution in [0.25, 0.3) is 0 Å². The smallest absolute Gasteiger partial charge is 0.240 e. The Morgan fingerprint density at radius 2 is 2.13 bits per heavy atom. The van der Waals surface area contributed by atoms with Gasteiger partial charge in [-0.25, -0.2) is 4.39 Å². The molecule has 2 nitrogen and oxygen atoms in total. The number of amides is 1. The van der Waals surface area contributed by atoms with Crippen LogP contribution in [-0.2, 0) is 4.79 Å². The number of carbonyl (C=O) groups excluding carboxylic acids is 1. The first-order valence-corrected chi connectivity index (χ1v) is 5.43. The minimum Gasteiger partial charge on any atom is -0.325 e. The number of carbonyl (C=O) groups is 1. The molecule has 0 aromatic heterocycles. The first-order valence-electron chi connectivity index (χ1n) is 4.26. The van der Waals surface area contributed by atoms with E-state index in [-0.39, 0.29) is 10.9 Å². The van der Waals surface area contributed by atoms with Crippen molar-refractivity contribution in [3.8, 4) is 0 Å². The number of anilines is 1. The molecule has 0 atom stereocenters. The van der Waals surface area contributed by atoms with E-state index in [9.17, 15) is 9.18 Å². The van der Waals surface area contributed by atoms with Gasteiger partial charge in [0.1, 0.15) is 5.82 Å². The quantitative estimate of drug-likeness (QED) is 0.830. The summed E-state index contributed by atoms with van der Waals surface area (Å²) in [4.78, 5) is 11.5. The molecule has 82 valence electrons. The molecule has 1 aromatic rings. The summed E-state index contributed by atoms with van der Waals surface area (Å²) < 4.78 is 12.1. The van der Waals surface area contributed by atoms with Crippen LogP contribution in [0.2, 0.25) is 5.02 Å². The molecule has 1 N–H and O–H groups in total. The molecule has 0 unspecified atom stereocenters. The van der Waals surface area contributed by atoms with E-state index >= 15 is 0 Å². The first kappa shape index (κ1) is 12.5. The van der Waals surface area contributed by atoms with Crippen LogP contribution in [0.5, 0.6) is 0 Å². The van der Waals surface area contributed by atoms with Crippen molar-refractivity contribution in [3.63, 3.8) is 0 Å². The fourth-order valence-electron chi connectivity index (χ4n) is 0.854. The van der Waals surface area contributed by atoms with Crippen molar-refractivity contribution in [3.05, 3.63) is 29.0 Å². The number of hydrogen-bond acceptors (Lipinski definition) is 1. The van der Waals surface area contributed by atoms with Crippen molar-refractivity contribution in [2.24, 2.45) is 0 Å². The Balaban J connectivity index is 2.83. The van der Waals surface area contributed by atoms with Crippen molar-refractivity contribution in [1.29, 1.82) is 0 Å². The Kier molecular flexibility index (Phi) is 3.73. The number of alkyl halides is 1. The van der Waals surface area contributed by atoms with E-state index in [4.69, 9.17) is 11.6 Å². The van der Waals surface area contributed by atoms with Crippen molar-refractivity contribution >= 4 is 39.1 Å². The summed E-state index contributed by atoms with van der Waals surface area (Å²) in [5, 5.41) is 2.60. The molecule has 5 heteroatoms. The van der Waals surface area contributed by atoms with E-state index in [1.165, 1.54) is 18.2 Å². The maximum atomic E-state index is 12.8. The molecule has 0 spiro atoms. The minimum atomic E-state index is -0.673. The summed E-state index contributed by atoms with van der Waals surface area (Å²) in [6.07, 6.45) is 0. The molecule has 0 aliphatic heterocycles. The lowest BCUT2D eigenvalue weighted by Gasteiger charge is -2.15. The predicted octanol–water partition coefficient (Wildman–Crippen LogP) is 3.59. The first-order chi connectivity index (χ1) is 6.80. The third-order valence-electron chi connectivity index (χ3n) is 1.72. The predicted molar refractivity (Wildman–Crippen MR) is 63.0 cm³/mol. The van der Waals surface area contributed by atoms with Gasteiger partial charge in [0.15, 0.2) is 0 Å². The van der Waals surface area contributed by atoms with Crippen molar-refractivity contribution < 1.29 is 9.18 Å². The van der Waals surface area contributed by atoms with Crippen molar-refractivity contribution in [2.75, 3.05) is 5.32 Å². The van der Waals surface area contributed by atoms with Gasteiger partial charge in [-0.2, -0.15) is 0 Å². The average Bonchev–Trinajstić information content (AvgIpc) is 2.10. The van der Waals surface area contributed by atoms with Crippen LogP contribution in [0.15, 0.2) is 18.2 Å². The van der Waals surface area contributed by atoms with Gasteiger partial charge in [0, 0.05) is 5.69 Å². The normalized spacial score (nSPS) is 11.3. The fourth-order valence-corrected chi connectivity index (χ4v) is 1.13. The van der Waals surface area contributed by atoms with Gasteiger partial charge in [0.2, 0.25) is 5.91 Å². The maximum Gasteiger partial charge on any atom is 0.240 e. The van der Waals surface area contributed by atoms with E-state index in [2.05, 4.69) is 21.2 Å². The summed E-state index contributed by atoms with van der Waals surface area (Å²) in [6.45, 7) is 3.43. The molecule has 1 amide bonds. The molecule has 0 aliphatic rings. The second kappa shape index (κ2) is 4.49. The highest BCUT2D eigenvalue weighted by Gasteiger charge is 2.23. The molecule has 0 fully saturated rings. The third-order valence-corrected chi connectivity index (χ3v) is 2.37. The van der Waals surface area contributed by atoms with Gasteiger partial charge < -0.3 is 5.32 Å². The molecular formula is C10H10BrClFNO. The zero-order chi connectivity index (χ0) is 11.6.